The van der Waals surface area contributed by atoms with E-state index in [4.69, 9.17) is 0 Å². The van der Waals surface area contributed by atoms with Crippen molar-refractivity contribution >= 4 is 0 Å². The molecule has 0 aromatic carbocycles. The van der Waals surface area contributed by atoms with Gasteiger partial charge in [-0.2, -0.15) is 0 Å². The zero-order valence-corrected chi connectivity index (χ0v) is 12.2. The smallest absolute Gasteiger partial charge is 0.141 e. The van der Waals surface area contributed by atoms with Crippen molar-refractivity contribution in [1.29, 1.82) is 0 Å². The molecule has 1 aliphatic carbocycles. The average molecular weight is 264 g/mol. The summed E-state index contributed by atoms with van der Waals surface area (Å²) in [6, 6.07) is 4.02. The molecule has 0 spiro atoms. The molecule has 1 saturated carbocycles. The highest BCUT2D eigenvalue weighted by Crippen LogP contribution is 2.31. The molecule has 2 rings (SSSR count). The van der Waals surface area contributed by atoms with Crippen LogP contribution in [0.25, 0.3) is 0 Å². The van der Waals surface area contributed by atoms with Gasteiger partial charge >= 0.3 is 0 Å². The zero-order valence-electron chi connectivity index (χ0n) is 12.2. The van der Waals surface area contributed by atoms with Gasteiger partial charge in [0.15, 0.2) is 0 Å². The normalized spacial score (nSPS) is 25.5. The van der Waals surface area contributed by atoms with Crippen molar-refractivity contribution in [2.24, 2.45) is 11.8 Å². The van der Waals surface area contributed by atoms with Crippen molar-refractivity contribution in [3.05, 3.63) is 29.8 Å². The molecule has 3 heteroatoms. The highest BCUT2D eigenvalue weighted by Gasteiger charge is 2.28. The molecule has 1 heterocycles. The van der Waals surface area contributed by atoms with Crippen molar-refractivity contribution in [3.63, 3.8) is 0 Å². The fourth-order valence-electron chi connectivity index (χ4n) is 3.21. The number of pyridine rings is 1. The van der Waals surface area contributed by atoms with Gasteiger partial charge in [-0.15, -0.1) is 0 Å². The summed E-state index contributed by atoms with van der Waals surface area (Å²) in [6.45, 7) is 6.74. The van der Waals surface area contributed by atoms with Crippen molar-refractivity contribution in [3.8, 4) is 0 Å². The molecule has 0 saturated heterocycles. The molecule has 1 N–H and O–H groups in total. The zero-order chi connectivity index (χ0) is 13.8. The molecule has 0 bridgehead atoms. The number of hydrogen-bond acceptors (Lipinski definition) is 2. The average Bonchev–Trinajstić information content (AvgIpc) is 2.39. The Morgan fingerprint density at radius 2 is 1.95 bits per heavy atom. The van der Waals surface area contributed by atoms with E-state index in [1.165, 1.54) is 37.9 Å². The molecule has 1 fully saturated rings. The van der Waals surface area contributed by atoms with Crippen LogP contribution in [0.2, 0.25) is 0 Å². The Kier molecular flexibility index (Phi) is 4.92. The van der Waals surface area contributed by atoms with Crippen LogP contribution in [0.4, 0.5) is 4.39 Å². The summed E-state index contributed by atoms with van der Waals surface area (Å²) in [4.78, 5) is 4.18. The lowest BCUT2D eigenvalue weighted by atomic mass is 9.77. The van der Waals surface area contributed by atoms with Gasteiger partial charge < -0.3 is 5.32 Å². The molecule has 0 radical (unpaired) electrons. The third-order valence-corrected chi connectivity index (χ3v) is 4.33. The van der Waals surface area contributed by atoms with Crippen molar-refractivity contribution in [1.82, 2.24) is 10.3 Å². The van der Waals surface area contributed by atoms with Gasteiger partial charge in [0, 0.05) is 12.1 Å². The van der Waals surface area contributed by atoms with Crippen LogP contribution in [-0.4, -0.2) is 11.0 Å². The first kappa shape index (κ1) is 14.4. The lowest BCUT2D eigenvalue weighted by Gasteiger charge is -2.36. The molecule has 3 unspecified atom stereocenters. The Bertz CT molecular complexity index is 388. The SMILES string of the molecule is CC(NC1CCCCC1C(C)C)c1ccc(F)cn1. The van der Waals surface area contributed by atoms with E-state index in [0.29, 0.717) is 12.0 Å². The third kappa shape index (κ3) is 3.75. The molecular formula is C16H25FN2. The summed E-state index contributed by atoms with van der Waals surface area (Å²) in [5.74, 6) is 1.19. The maximum atomic E-state index is 12.9. The van der Waals surface area contributed by atoms with E-state index >= 15 is 0 Å². The summed E-state index contributed by atoms with van der Waals surface area (Å²) in [5, 5.41) is 3.70. The third-order valence-electron chi connectivity index (χ3n) is 4.33. The molecule has 0 amide bonds. The van der Waals surface area contributed by atoms with Gasteiger partial charge in [-0.3, -0.25) is 4.98 Å². The predicted octanol–water partition coefficient (Wildman–Crippen LogP) is 4.09. The van der Waals surface area contributed by atoms with E-state index in [9.17, 15) is 4.39 Å². The van der Waals surface area contributed by atoms with Gasteiger partial charge in [-0.05, 0) is 43.7 Å². The van der Waals surface area contributed by atoms with Crippen LogP contribution in [0.3, 0.4) is 0 Å². The van der Waals surface area contributed by atoms with Gasteiger partial charge in [0.25, 0.3) is 0 Å². The van der Waals surface area contributed by atoms with E-state index < -0.39 is 0 Å². The summed E-state index contributed by atoms with van der Waals surface area (Å²) in [6.07, 6.45) is 6.52. The first-order chi connectivity index (χ1) is 9.08. The van der Waals surface area contributed by atoms with Crippen LogP contribution >= 0.6 is 0 Å². The van der Waals surface area contributed by atoms with Crippen molar-refractivity contribution in [2.75, 3.05) is 0 Å². The molecule has 1 aliphatic rings. The van der Waals surface area contributed by atoms with Crippen LogP contribution in [-0.2, 0) is 0 Å². The summed E-state index contributed by atoms with van der Waals surface area (Å²) >= 11 is 0. The predicted molar refractivity (Wildman–Crippen MR) is 76.3 cm³/mol. The second kappa shape index (κ2) is 6.47. The number of nitrogens with zero attached hydrogens (tertiary/aromatic N) is 1. The van der Waals surface area contributed by atoms with Gasteiger partial charge in [0.1, 0.15) is 5.82 Å². The minimum atomic E-state index is -0.270. The lowest BCUT2D eigenvalue weighted by molar-refractivity contribution is 0.194. The number of aromatic nitrogens is 1. The Balaban J connectivity index is 2.00. The second-order valence-electron chi connectivity index (χ2n) is 6.09. The quantitative estimate of drug-likeness (QED) is 0.886. The van der Waals surface area contributed by atoms with Gasteiger partial charge in [0.2, 0.25) is 0 Å². The fraction of sp³-hybridized carbons (Fsp3) is 0.688. The first-order valence-electron chi connectivity index (χ1n) is 7.45. The summed E-state index contributed by atoms with van der Waals surface area (Å²) < 4.78 is 12.9. The highest BCUT2D eigenvalue weighted by molar-refractivity contribution is 5.09. The minimum Gasteiger partial charge on any atom is -0.306 e. The molecular weight excluding hydrogens is 239 g/mol. The molecule has 1 aromatic heterocycles. The van der Waals surface area contributed by atoms with Crippen LogP contribution in [0, 0.1) is 17.7 Å². The standard InChI is InChI=1S/C16H25FN2/c1-11(2)14-6-4-5-7-16(14)19-12(3)15-9-8-13(17)10-18-15/h8-12,14,16,19H,4-7H2,1-3H3. The van der Waals surface area contributed by atoms with Crippen LogP contribution in [0.1, 0.15) is 58.2 Å². The van der Waals surface area contributed by atoms with E-state index in [-0.39, 0.29) is 11.9 Å². The number of hydrogen-bond donors (Lipinski definition) is 1. The Hall–Kier alpha value is -0.960. The highest BCUT2D eigenvalue weighted by atomic mass is 19.1. The van der Waals surface area contributed by atoms with Crippen molar-refractivity contribution < 1.29 is 4.39 Å². The van der Waals surface area contributed by atoms with E-state index in [2.05, 4.69) is 31.1 Å². The molecule has 2 nitrogen and oxygen atoms in total. The van der Waals surface area contributed by atoms with Gasteiger partial charge in [-0.25, -0.2) is 4.39 Å². The topological polar surface area (TPSA) is 24.9 Å². The van der Waals surface area contributed by atoms with Gasteiger partial charge in [-0.1, -0.05) is 26.7 Å². The van der Waals surface area contributed by atoms with E-state index in [1.807, 2.05) is 0 Å². The van der Waals surface area contributed by atoms with Crippen molar-refractivity contribution in [2.45, 2.75) is 58.5 Å². The van der Waals surface area contributed by atoms with Gasteiger partial charge in [0.05, 0.1) is 11.9 Å². The lowest BCUT2D eigenvalue weighted by Crippen LogP contribution is -2.42. The molecule has 0 aliphatic heterocycles. The summed E-state index contributed by atoms with van der Waals surface area (Å²) in [5.41, 5.74) is 0.925. The molecule has 19 heavy (non-hydrogen) atoms. The van der Waals surface area contributed by atoms with E-state index in [0.717, 1.165) is 11.6 Å². The fourth-order valence-corrected chi connectivity index (χ4v) is 3.21. The second-order valence-corrected chi connectivity index (χ2v) is 6.09. The maximum Gasteiger partial charge on any atom is 0.141 e. The molecule has 1 aromatic rings. The van der Waals surface area contributed by atoms with Crippen LogP contribution in [0.15, 0.2) is 18.3 Å². The number of nitrogens with one attached hydrogen (secondary N) is 1. The molecule has 106 valence electrons. The van der Waals surface area contributed by atoms with Crippen LogP contribution < -0.4 is 5.32 Å². The Morgan fingerprint density at radius 3 is 2.58 bits per heavy atom. The number of halogens is 1. The monoisotopic (exact) mass is 264 g/mol. The largest absolute Gasteiger partial charge is 0.306 e. The minimum absolute atomic E-state index is 0.185. The maximum absolute atomic E-state index is 12.9. The van der Waals surface area contributed by atoms with E-state index in [1.54, 1.807) is 6.07 Å². The number of rotatable bonds is 4. The van der Waals surface area contributed by atoms with Crippen LogP contribution in [0.5, 0.6) is 0 Å². The molecule has 3 atom stereocenters. The first-order valence-corrected chi connectivity index (χ1v) is 7.45. The Labute approximate surface area is 115 Å². The summed E-state index contributed by atoms with van der Waals surface area (Å²) in [7, 11) is 0. The Morgan fingerprint density at radius 1 is 1.21 bits per heavy atom.